The molecule has 3 N–H and O–H groups in total. The normalized spacial score (nSPS) is 12.2. The molecule has 1 aromatic heterocycles. The highest BCUT2D eigenvalue weighted by atomic mass is 79.9. The Morgan fingerprint density at radius 2 is 2.28 bits per heavy atom. The number of carbonyl (C=O) groups is 2. The van der Waals surface area contributed by atoms with Crippen LogP contribution in [0.3, 0.4) is 0 Å². The van der Waals surface area contributed by atoms with E-state index in [0.29, 0.717) is 5.56 Å². The molecule has 2 heterocycles. The number of nitrogens with zero attached hydrogens (tertiary/aromatic N) is 3. The number of ether oxygens (including phenoxy) is 1. The average molecular weight is 408 g/mol. The van der Waals surface area contributed by atoms with Crippen LogP contribution in [0.1, 0.15) is 21.0 Å². The molecule has 0 atom stereocenters. The molecule has 10 heteroatoms. The molecule has 2 aromatic rings. The first kappa shape index (κ1) is 16.9. The second kappa shape index (κ2) is 6.52. The van der Waals surface area contributed by atoms with Crippen molar-refractivity contribution in [3.8, 4) is 23.2 Å². The number of imidazole rings is 1. The molecule has 2 amide bonds. The van der Waals surface area contributed by atoms with E-state index in [9.17, 15) is 14.0 Å². The minimum Gasteiger partial charge on any atom is -0.491 e. The van der Waals surface area contributed by atoms with Gasteiger partial charge in [-0.2, -0.15) is 5.26 Å². The highest BCUT2D eigenvalue weighted by Crippen LogP contribution is 2.36. The average Bonchev–Trinajstić information content (AvgIpc) is 2.87. The maximum absolute atomic E-state index is 13.8. The van der Waals surface area contributed by atoms with Gasteiger partial charge in [0, 0.05) is 6.07 Å². The number of aromatic nitrogens is 2. The van der Waals surface area contributed by atoms with Crippen LogP contribution in [0.5, 0.6) is 5.75 Å². The Kier molecular flexibility index (Phi) is 4.41. The molecule has 0 saturated carbocycles. The van der Waals surface area contributed by atoms with Crippen LogP contribution in [-0.4, -0.2) is 34.5 Å². The van der Waals surface area contributed by atoms with Crippen molar-refractivity contribution in [1.29, 1.82) is 5.26 Å². The molecule has 0 unspecified atom stereocenters. The van der Waals surface area contributed by atoms with Gasteiger partial charge in [-0.15, -0.1) is 0 Å². The molecule has 1 aliphatic rings. The van der Waals surface area contributed by atoms with E-state index in [4.69, 9.17) is 15.7 Å². The summed E-state index contributed by atoms with van der Waals surface area (Å²) in [4.78, 5) is 28.3. The van der Waals surface area contributed by atoms with Gasteiger partial charge < -0.3 is 20.4 Å². The minimum absolute atomic E-state index is 0.0605. The molecule has 0 fully saturated rings. The Hall–Kier alpha value is -2.93. The Morgan fingerprint density at radius 3 is 2.96 bits per heavy atom. The van der Waals surface area contributed by atoms with Crippen LogP contribution in [0.15, 0.2) is 16.6 Å². The summed E-state index contributed by atoms with van der Waals surface area (Å²) in [6.45, 7) is 0.0917. The van der Waals surface area contributed by atoms with Crippen LogP contribution in [0.4, 0.5) is 4.39 Å². The van der Waals surface area contributed by atoms with Crippen molar-refractivity contribution in [2.75, 3.05) is 13.2 Å². The summed E-state index contributed by atoms with van der Waals surface area (Å²) in [6.07, 6.45) is 0. The number of benzene rings is 1. The van der Waals surface area contributed by atoms with Crippen LogP contribution >= 0.6 is 15.9 Å². The molecular formula is C15H11BrFN5O3. The van der Waals surface area contributed by atoms with Crippen LogP contribution < -0.4 is 15.8 Å². The molecule has 0 bridgehead atoms. The molecule has 8 nitrogen and oxygen atoms in total. The predicted molar refractivity (Wildman–Crippen MR) is 87.3 cm³/mol. The number of primary amides is 1. The fourth-order valence-electron chi connectivity index (χ4n) is 2.55. The van der Waals surface area contributed by atoms with Crippen LogP contribution in [0.2, 0.25) is 0 Å². The molecular weight excluding hydrogens is 397 g/mol. The number of nitriles is 1. The molecule has 3 rings (SSSR count). The van der Waals surface area contributed by atoms with Crippen molar-refractivity contribution in [1.82, 2.24) is 14.9 Å². The first-order chi connectivity index (χ1) is 11.9. The third kappa shape index (κ3) is 2.94. The van der Waals surface area contributed by atoms with E-state index in [0.717, 1.165) is 0 Å². The molecule has 1 aromatic carbocycles. The highest BCUT2D eigenvalue weighted by Gasteiger charge is 2.30. The van der Waals surface area contributed by atoms with E-state index < -0.39 is 17.6 Å². The number of carbonyl (C=O) groups excluding carboxylic acids is 2. The van der Waals surface area contributed by atoms with Crippen LogP contribution in [-0.2, 0) is 6.54 Å². The lowest BCUT2D eigenvalue weighted by Gasteiger charge is -2.08. The van der Waals surface area contributed by atoms with Crippen molar-refractivity contribution in [3.05, 3.63) is 33.8 Å². The fourth-order valence-corrected chi connectivity index (χ4v) is 2.89. The summed E-state index contributed by atoms with van der Waals surface area (Å²) in [5, 5.41) is 11.0. The van der Waals surface area contributed by atoms with Gasteiger partial charge in [0.05, 0.1) is 22.7 Å². The highest BCUT2D eigenvalue weighted by molar-refractivity contribution is 9.10. The third-order valence-electron chi connectivity index (χ3n) is 3.58. The molecule has 128 valence electrons. The van der Waals surface area contributed by atoms with Gasteiger partial charge in [-0.25, -0.2) is 9.37 Å². The van der Waals surface area contributed by atoms with Gasteiger partial charge in [0.2, 0.25) is 0 Å². The largest absolute Gasteiger partial charge is 0.491 e. The maximum Gasteiger partial charge on any atom is 0.271 e. The topological polar surface area (TPSA) is 123 Å². The van der Waals surface area contributed by atoms with Crippen LogP contribution in [0.25, 0.3) is 11.4 Å². The van der Waals surface area contributed by atoms with Crippen molar-refractivity contribution in [2.45, 2.75) is 6.54 Å². The predicted octanol–water partition coefficient (Wildman–Crippen LogP) is 1.20. The second-order valence-corrected chi connectivity index (χ2v) is 5.95. The summed E-state index contributed by atoms with van der Waals surface area (Å²) in [5.74, 6) is -1.56. The van der Waals surface area contributed by atoms with Crippen molar-refractivity contribution < 1.29 is 18.7 Å². The van der Waals surface area contributed by atoms with E-state index in [2.05, 4.69) is 26.2 Å². The Labute approximate surface area is 149 Å². The zero-order valence-corrected chi connectivity index (χ0v) is 14.3. The van der Waals surface area contributed by atoms with Gasteiger partial charge in [0.15, 0.2) is 5.69 Å². The number of fused-ring (bicyclic) bond motifs is 3. The SMILES string of the molecule is N#CCNC(=O)c1c(C(N)=O)nc2n1CCOc1cc(F)c(Br)cc1-2. The number of hydrogen-bond acceptors (Lipinski definition) is 5. The summed E-state index contributed by atoms with van der Waals surface area (Å²) in [7, 11) is 0. The lowest BCUT2D eigenvalue weighted by atomic mass is 10.2. The van der Waals surface area contributed by atoms with Crippen molar-refractivity contribution >= 4 is 27.7 Å². The maximum atomic E-state index is 13.8. The zero-order valence-electron chi connectivity index (χ0n) is 12.7. The Balaban J connectivity index is 2.23. The van der Waals surface area contributed by atoms with Crippen molar-refractivity contribution in [3.63, 3.8) is 0 Å². The Bertz CT molecular complexity index is 934. The lowest BCUT2D eigenvalue weighted by Crippen LogP contribution is -2.29. The number of rotatable bonds is 3. The summed E-state index contributed by atoms with van der Waals surface area (Å²) in [5.41, 5.74) is 5.47. The van der Waals surface area contributed by atoms with Gasteiger partial charge in [-0.1, -0.05) is 0 Å². The van der Waals surface area contributed by atoms with E-state index in [1.165, 1.54) is 16.7 Å². The van der Waals surface area contributed by atoms with E-state index in [-0.39, 0.29) is 47.1 Å². The second-order valence-electron chi connectivity index (χ2n) is 5.10. The van der Waals surface area contributed by atoms with Gasteiger partial charge >= 0.3 is 0 Å². The quantitative estimate of drug-likeness (QED) is 0.739. The number of nitrogens with two attached hydrogens (primary N) is 1. The lowest BCUT2D eigenvalue weighted by molar-refractivity contribution is 0.0929. The van der Waals surface area contributed by atoms with Gasteiger partial charge in [-0.3, -0.25) is 9.59 Å². The zero-order chi connectivity index (χ0) is 18.1. The van der Waals surface area contributed by atoms with Gasteiger partial charge in [-0.05, 0) is 22.0 Å². The van der Waals surface area contributed by atoms with Gasteiger partial charge in [0.25, 0.3) is 11.8 Å². The van der Waals surface area contributed by atoms with Crippen LogP contribution in [0, 0.1) is 17.1 Å². The summed E-state index contributed by atoms with van der Waals surface area (Å²) < 4.78 is 21.0. The Morgan fingerprint density at radius 1 is 1.52 bits per heavy atom. The van der Waals surface area contributed by atoms with E-state index >= 15 is 0 Å². The van der Waals surface area contributed by atoms with E-state index in [1.807, 2.05) is 0 Å². The summed E-state index contributed by atoms with van der Waals surface area (Å²) in [6, 6.07) is 4.43. The molecule has 1 aliphatic heterocycles. The smallest absolute Gasteiger partial charge is 0.271 e. The summed E-state index contributed by atoms with van der Waals surface area (Å²) >= 11 is 3.09. The number of halogens is 2. The number of amides is 2. The first-order valence-electron chi connectivity index (χ1n) is 7.11. The monoisotopic (exact) mass is 407 g/mol. The standard InChI is InChI=1S/C15H11BrFN5O3/c16-8-5-7-10(6-9(8)17)25-4-3-22-12(15(24)20-2-1-18)11(13(19)23)21-14(7)22/h5-6H,2-4H2,(H2,19,23)(H,20,24). The van der Waals surface area contributed by atoms with Gasteiger partial charge in [0.1, 0.15) is 36.2 Å². The third-order valence-corrected chi connectivity index (χ3v) is 4.19. The molecule has 0 aliphatic carbocycles. The molecule has 25 heavy (non-hydrogen) atoms. The molecule has 0 spiro atoms. The first-order valence-corrected chi connectivity index (χ1v) is 7.91. The number of hydrogen-bond donors (Lipinski definition) is 2. The number of nitrogens with one attached hydrogen (secondary N) is 1. The molecule has 0 saturated heterocycles. The van der Waals surface area contributed by atoms with Crippen molar-refractivity contribution in [2.24, 2.45) is 5.73 Å². The fraction of sp³-hybridized carbons (Fsp3) is 0.200. The molecule has 0 radical (unpaired) electrons. The van der Waals surface area contributed by atoms with E-state index in [1.54, 1.807) is 6.07 Å². The minimum atomic E-state index is -0.883.